The van der Waals surface area contributed by atoms with Crippen LogP contribution in [0.5, 0.6) is 5.88 Å². The Bertz CT molecular complexity index is 524. The van der Waals surface area contributed by atoms with Gasteiger partial charge < -0.3 is 10.1 Å². The van der Waals surface area contributed by atoms with E-state index in [9.17, 15) is 4.79 Å². The van der Waals surface area contributed by atoms with E-state index < -0.39 is 5.60 Å². The molecule has 0 radical (unpaired) electrons. The van der Waals surface area contributed by atoms with E-state index in [1.54, 1.807) is 12.3 Å². The van der Waals surface area contributed by atoms with Gasteiger partial charge in [0.25, 0.3) is 5.91 Å². The fourth-order valence-corrected chi connectivity index (χ4v) is 2.17. The first kappa shape index (κ1) is 9.90. The molecule has 2 aliphatic heterocycles. The Morgan fingerprint density at radius 2 is 2.53 bits per heavy atom. The second-order valence-corrected chi connectivity index (χ2v) is 4.11. The van der Waals surface area contributed by atoms with E-state index in [4.69, 9.17) is 10.00 Å². The summed E-state index contributed by atoms with van der Waals surface area (Å²) in [4.78, 5) is 17.3. The molecule has 3 rings (SSSR count). The maximum Gasteiger partial charge on any atom is 0.281 e. The SMILES string of the molecule is N#CN1CCC2(CNc3cccnc3O2)C1=O. The number of anilines is 1. The van der Waals surface area contributed by atoms with E-state index in [1.807, 2.05) is 12.3 Å². The van der Waals surface area contributed by atoms with Gasteiger partial charge in [-0.2, -0.15) is 5.26 Å². The molecule has 1 amide bonds. The molecule has 6 heteroatoms. The Morgan fingerprint density at radius 3 is 3.29 bits per heavy atom. The highest BCUT2D eigenvalue weighted by Gasteiger charge is 2.51. The summed E-state index contributed by atoms with van der Waals surface area (Å²) in [6.07, 6.45) is 3.98. The molecule has 0 bridgehead atoms. The molecule has 3 heterocycles. The Kier molecular flexibility index (Phi) is 1.95. The maximum absolute atomic E-state index is 12.0. The van der Waals surface area contributed by atoms with Crippen molar-refractivity contribution in [3.8, 4) is 12.1 Å². The average Bonchev–Trinajstić information content (AvgIpc) is 2.67. The van der Waals surface area contributed by atoms with Gasteiger partial charge in [0.05, 0.1) is 12.2 Å². The van der Waals surface area contributed by atoms with E-state index in [2.05, 4.69) is 10.3 Å². The molecular formula is C11H10N4O2. The number of hydrogen-bond acceptors (Lipinski definition) is 5. The lowest BCUT2D eigenvalue weighted by molar-refractivity contribution is -0.138. The second kappa shape index (κ2) is 3.35. The lowest BCUT2D eigenvalue weighted by atomic mass is 10.0. The highest BCUT2D eigenvalue weighted by Crippen LogP contribution is 2.35. The fraction of sp³-hybridized carbons (Fsp3) is 0.364. The highest BCUT2D eigenvalue weighted by molar-refractivity contribution is 5.90. The van der Waals surface area contributed by atoms with Crippen molar-refractivity contribution in [1.29, 1.82) is 5.26 Å². The van der Waals surface area contributed by atoms with Gasteiger partial charge >= 0.3 is 0 Å². The van der Waals surface area contributed by atoms with Crippen LogP contribution in [0.3, 0.4) is 0 Å². The van der Waals surface area contributed by atoms with Crippen LogP contribution in [0.2, 0.25) is 0 Å². The maximum atomic E-state index is 12.0. The number of likely N-dealkylation sites (tertiary alicyclic amines) is 1. The van der Waals surface area contributed by atoms with Crippen molar-refractivity contribution in [2.75, 3.05) is 18.4 Å². The zero-order chi connectivity index (χ0) is 11.9. The fourth-order valence-electron chi connectivity index (χ4n) is 2.17. The topological polar surface area (TPSA) is 78.2 Å². The zero-order valence-electron chi connectivity index (χ0n) is 9.01. The second-order valence-electron chi connectivity index (χ2n) is 4.11. The first-order valence-corrected chi connectivity index (χ1v) is 5.35. The van der Waals surface area contributed by atoms with Crippen molar-refractivity contribution in [2.45, 2.75) is 12.0 Å². The summed E-state index contributed by atoms with van der Waals surface area (Å²) >= 11 is 0. The Labute approximate surface area is 97.8 Å². The Balaban J connectivity index is 1.94. The van der Waals surface area contributed by atoms with Gasteiger partial charge in [-0.25, -0.2) is 9.88 Å². The van der Waals surface area contributed by atoms with Crippen LogP contribution in [-0.2, 0) is 4.79 Å². The van der Waals surface area contributed by atoms with Crippen LogP contribution in [0, 0.1) is 11.5 Å². The van der Waals surface area contributed by atoms with Crippen molar-refractivity contribution >= 4 is 11.6 Å². The van der Waals surface area contributed by atoms with E-state index in [0.29, 0.717) is 25.4 Å². The number of nitriles is 1. The number of rotatable bonds is 0. The summed E-state index contributed by atoms with van der Waals surface area (Å²) in [5, 5.41) is 11.9. The summed E-state index contributed by atoms with van der Waals surface area (Å²) in [5.74, 6) is 0.135. The molecule has 17 heavy (non-hydrogen) atoms. The van der Waals surface area contributed by atoms with Gasteiger partial charge in [0.2, 0.25) is 11.5 Å². The lowest BCUT2D eigenvalue weighted by Crippen LogP contribution is -2.51. The van der Waals surface area contributed by atoms with Crippen LogP contribution in [0.1, 0.15) is 6.42 Å². The minimum absolute atomic E-state index is 0.288. The molecule has 1 aromatic rings. The lowest BCUT2D eigenvalue weighted by Gasteiger charge is -2.33. The molecular weight excluding hydrogens is 220 g/mol. The number of carbonyl (C=O) groups is 1. The molecule has 1 unspecified atom stereocenters. The molecule has 0 aromatic carbocycles. The van der Waals surface area contributed by atoms with Crippen LogP contribution in [0.4, 0.5) is 5.69 Å². The van der Waals surface area contributed by atoms with Crippen molar-refractivity contribution in [1.82, 2.24) is 9.88 Å². The number of fused-ring (bicyclic) bond motifs is 1. The van der Waals surface area contributed by atoms with Crippen LogP contribution >= 0.6 is 0 Å². The van der Waals surface area contributed by atoms with Gasteiger partial charge in [-0.05, 0) is 12.1 Å². The molecule has 1 spiro atoms. The number of nitrogens with zero attached hydrogens (tertiary/aromatic N) is 3. The van der Waals surface area contributed by atoms with Crippen LogP contribution in [-0.4, -0.2) is 34.5 Å². The molecule has 6 nitrogen and oxygen atoms in total. The summed E-state index contributed by atoms with van der Waals surface area (Å²) < 4.78 is 5.71. The number of carbonyl (C=O) groups excluding carboxylic acids is 1. The first-order chi connectivity index (χ1) is 8.25. The van der Waals surface area contributed by atoms with Gasteiger partial charge in [-0.1, -0.05) is 0 Å². The van der Waals surface area contributed by atoms with Gasteiger partial charge in [-0.15, -0.1) is 0 Å². The summed E-state index contributed by atoms with van der Waals surface area (Å²) in [6.45, 7) is 0.780. The third kappa shape index (κ3) is 1.32. The molecule has 0 saturated carbocycles. The van der Waals surface area contributed by atoms with Gasteiger partial charge in [-0.3, -0.25) is 4.79 Å². The number of nitrogens with one attached hydrogen (secondary N) is 1. The van der Waals surface area contributed by atoms with Gasteiger partial charge in [0.15, 0.2) is 6.19 Å². The number of pyridine rings is 1. The molecule has 0 aliphatic carbocycles. The monoisotopic (exact) mass is 230 g/mol. The zero-order valence-corrected chi connectivity index (χ0v) is 9.01. The van der Waals surface area contributed by atoms with Crippen LogP contribution in [0.15, 0.2) is 18.3 Å². The minimum Gasteiger partial charge on any atom is -0.457 e. The van der Waals surface area contributed by atoms with E-state index >= 15 is 0 Å². The molecule has 1 aromatic heterocycles. The van der Waals surface area contributed by atoms with Crippen LogP contribution < -0.4 is 10.1 Å². The largest absolute Gasteiger partial charge is 0.457 e. The van der Waals surface area contributed by atoms with Crippen molar-refractivity contribution in [3.63, 3.8) is 0 Å². The summed E-state index contributed by atoms with van der Waals surface area (Å²) in [7, 11) is 0. The molecule has 2 aliphatic rings. The van der Waals surface area contributed by atoms with E-state index in [1.165, 1.54) is 0 Å². The van der Waals surface area contributed by atoms with E-state index in [0.717, 1.165) is 10.6 Å². The first-order valence-electron chi connectivity index (χ1n) is 5.35. The average molecular weight is 230 g/mol. The predicted molar refractivity (Wildman–Crippen MR) is 58.0 cm³/mol. The molecule has 1 N–H and O–H groups in total. The quantitative estimate of drug-likeness (QED) is 0.650. The minimum atomic E-state index is -0.961. The number of amides is 1. The van der Waals surface area contributed by atoms with Crippen LogP contribution in [0.25, 0.3) is 0 Å². The van der Waals surface area contributed by atoms with Gasteiger partial charge in [0.1, 0.15) is 0 Å². The smallest absolute Gasteiger partial charge is 0.281 e. The van der Waals surface area contributed by atoms with Crippen molar-refractivity contribution in [3.05, 3.63) is 18.3 Å². The van der Waals surface area contributed by atoms with E-state index in [-0.39, 0.29) is 5.91 Å². The molecule has 1 saturated heterocycles. The third-order valence-electron chi connectivity index (χ3n) is 3.12. The number of ether oxygens (including phenoxy) is 1. The highest BCUT2D eigenvalue weighted by atomic mass is 16.5. The van der Waals surface area contributed by atoms with Gasteiger partial charge in [0, 0.05) is 19.2 Å². The standard InChI is InChI=1S/C11H10N4O2/c12-7-15-5-3-11(10(15)16)6-14-8-2-1-4-13-9(8)17-11/h1-2,4,14H,3,5-6H2. The number of aromatic nitrogens is 1. The number of hydrogen-bond donors (Lipinski definition) is 1. The summed E-state index contributed by atoms with van der Waals surface area (Å²) in [5.41, 5.74) is -0.182. The van der Waals surface area contributed by atoms with Crippen molar-refractivity contribution in [2.24, 2.45) is 0 Å². The normalized spacial score (nSPS) is 26.1. The Hall–Kier alpha value is -2.29. The molecule has 86 valence electrons. The van der Waals surface area contributed by atoms with Crippen molar-refractivity contribution < 1.29 is 9.53 Å². The summed E-state index contributed by atoms with van der Waals surface area (Å²) in [6, 6.07) is 3.64. The Morgan fingerprint density at radius 1 is 1.65 bits per heavy atom. The molecule has 1 fully saturated rings. The predicted octanol–water partition coefficient (Wildman–Crippen LogP) is 0.338. The molecule has 1 atom stereocenters. The third-order valence-corrected chi connectivity index (χ3v) is 3.12.